The van der Waals surface area contributed by atoms with Crippen molar-refractivity contribution in [3.05, 3.63) is 53.2 Å². The Labute approximate surface area is 165 Å². The van der Waals surface area contributed by atoms with Gasteiger partial charge < -0.3 is 20.4 Å². The summed E-state index contributed by atoms with van der Waals surface area (Å²) < 4.78 is 0. The van der Waals surface area contributed by atoms with Gasteiger partial charge in [-0.25, -0.2) is 4.98 Å². The summed E-state index contributed by atoms with van der Waals surface area (Å²) in [6.45, 7) is 7.70. The molecule has 7 heteroatoms. The Kier molecular flexibility index (Phi) is 6.26. The molecule has 7 nitrogen and oxygen atoms in total. The lowest BCUT2D eigenvalue weighted by Gasteiger charge is -2.33. The lowest BCUT2D eigenvalue weighted by atomic mass is 10.1. The van der Waals surface area contributed by atoms with Crippen LogP contribution in [0.25, 0.3) is 0 Å². The minimum atomic E-state index is -0.285. The number of likely N-dealkylation sites (N-methyl/N-ethyl adjacent to an activating group) is 1. The lowest BCUT2D eigenvalue weighted by molar-refractivity contribution is -0.115. The third kappa shape index (κ3) is 5.29. The van der Waals surface area contributed by atoms with Crippen LogP contribution in [-0.2, 0) is 4.79 Å². The maximum absolute atomic E-state index is 12.2. The molecule has 0 saturated carbocycles. The zero-order valence-corrected chi connectivity index (χ0v) is 16.7. The SMILES string of the molecule is Cc1cc(C)cc(C(=O)NCC(=O)Nc2ccc(N3CCN(C)CC3)nc2)c1. The predicted molar refractivity (Wildman–Crippen MR) is 111 cm³/mol. The van der Waals surface area contributed by atoms with E-state index in [1.165, 1.54) is 0 Å². The molecule has 0 atom stereocenters. The van der Waals surface area contributed by atoms with Crippen LogP contribution in [0.15, 0.2) is 36.5 Å². The molecule has 1 fully saturated rings. The summed E-state index contributed by atoms with van der Waals surface area (Å²) >= 11 is 0. The van der Waals surface area contributed by atoms with Gasteiger partial charge in [0.15, 0.2) is 0 Å². The Morgan fingerprint density at radius 1 is 1.04 bits per heavy atom. The number of piperazine rings is 1. The molecule has 2 N–H and O–H groups in total. The van der Waals surface area contributed by atoms with E-state index in [1.807, 2.05) is 32.0 Å². The van der Waals surface area contributed by atoms with E-state index in [9.17, 15) is 9.59 Å². The molecule has 0 radical (unpaired) electrons. The van der Waals surface area contributed by atoms with E-state index < -0.39 is 0 Å². The first-order valence-corrected chi connectivity index (χ1v) is 9.46. The van der Waals surface area contributed by atoms with Crippen LogP contribution in [0.1, 0.15) is 21.5 Å². The summed E-state index contributed by atoms with van der Waals surface area (Å²) in [6, 6.07) is 9.37. The molecular weight excluding hydrogens is 354 g/mol. The van der Waals surface area contributed by atoms with Crippen LogP contribution in [0.5, 0.6) is 0 Å². The molecule has 2 amide bonds. The van der Waals surface area contributed by atoms with E-state index in [1.54, 1.807) is 18.3 Å². The fraction of sp³-hybridized carbons (Fsp3) is 0.381. The fourth-order valence-electron chi connectivity index (χ4n) is 3.26. The van der Waals surface area contributed by atoms with Crippen molar-refractivity contribution >= 4 is 23.3 Å². The maximum atomic E-state index is 12.2. The number of anilines is 2. The number of carbonyl (C=O) groups excluding carboxylic acids is 2. The van der Waals surface area contributed by atoms with E-state index in [2.05, 4.69) is 32.5 Å². The highest BCUT2D eigenvalue weighted by Gasteiger charge is 2.15. The minimum absolute atomic E-state index is 0.0912. The van der Waals surface area contributed by atoms with Gasteiger partial charge >= 0.3 is 0 Å². The molecule has 28 heavy (non-hydrogen) atoms. The molecule has 1 aliphatic heterocycles. The highest BCUT2D eigenvalue weighted by atomic mass is 16.2. The molecule has 0 bridgehead atoms. The van der Waals surface area contributed by atoms with Crippen LogP contribution in [0.3, 0.4) is 0 Å². The van der Waals surface area contributed by atoms with Gasteiger partial charge in [0.1, 0.15) is 5.82 Å². The van der Waals surface area contributed by atoms with Gasteiger partial charge in [-0.2, -0.15) is 0 Å². The summed E-state index contributed by atoms with van der Waals surface area (Å²) in [4.78, 5) is 33.3. The number of nitrogens with zero attached hydrogens (tertiary/aromatic N) is 3. The van der Waals surface area contributed by atoms with Crippen molar-refractivity contribution in [2.75, 3.05) is 50.0 Å². The first-order valence-electron chi connectivity index (χ1n) is 9.46. The highest BCUT2D eigenvalue weighted by Crippen LogP contribution is 2.15. The van der Waals surface area contributed by atoms with Crippen molar-refractivity contribution < 1.29 is 9.59 Å². The second-order valence-corrected chi connectivity index (χ2v) is 7.30. The Balaban J connectivity index is 1.50. The molecule has 0 unspecified atom stereocenters. The molecule has 3 rings (SSSR count). The number of hydrogen-bond donors (Lipinski definition) is 2. The van der Waals surface area contributed by atoms with Gasteiger partial charge in [-0.05, 0) is 45.2 Å². The molecule has 2 aromatic rings. The van der Waals surface area contributed by atoms with Crippen LogP contribution < -0.4 is 15.5 Å². The van der Waals surface area contributed by atoms with E-state index in [0.29, 0.717) is 11.3 Å². The van der Waals surface area contributed by atoms with Gasteiger partial charge in [0, 0.05) is 31.7 Å². The molecular formula is C21H27N5O2. The summed E-state index contributed by atoms with van der Waals surface area (Å²) in [6.07, 6.45) is 1.65. The zero-order chi connectivity index (χ0) is 20.1. The van der Waals surface area contributed by atoms with E-state index >= 15 is 0 Å². The summed E-state index contributed by atoms with van der Waals surface area (Å²) in [5.74, 6) is 0.367. The molecule has 2 heterocycles. The number of aryl methyl sites for hydroxylation is 2. The van der Waals surface area contributed by atoms with Crippen LogP contribution in [0.2, 0.25) is 0 Å². The molecule has 0 spiro atoms. The third-order valence-electron chi connectivity index (χ3n) is 4.75. The van der Waals surface area contributed by atoms with Crippen molar-refractivity contribution in [2.24, 2.45) is 0 Å². The topological polar surface area (TPSA) is 77.6 Å². The summed E-state index contributed by atoms with van der Waals surface area (Å²) in [5, 5.41) is 5.42. The van der Waals surface area contributed by atoms with Gasteiger partial charge in [-0.1, -0.05) is 17.2 Å². The number of aromatic nitrogens is 1. The first-order chi connectivity index (χ1) is 13.4. The van der Waals surface area contributed by atoms with Gasteiger partial charge in [-0.3, -0.25) is 9.59 Å². The zero-order valence-electron chi connectivity index (χ0n) is 16.7. The highest BCUT2D eigenvalue weighted by molar-refractivity contribution is 5.99. The van der Waals surface area contributed by atoms with Crippen molar-refractivity contribution in [3.63, 3.8) is 0 Å². The van der Waals surface area contributed by atoms with Crippen LogP contribution >= 0.6 is 0 Å². The van der Waals surface area contributed by atoms with Gasteiger partial charge in [0.2, 0.25) is 5.91 Å². The maximum Gasteiger partial charge on any atom is 0.251 e. The van der Waals surface area contributed by atoms with Crippen molar-refractivity contribution in [1.82, 2.24) is 15.2 Å². The van der Waals surface area contributed by atoms with Gasteiger partial charge in [0.05, 0.1) is 18.4 Å². The van der Waals surface area contributed by atoms with Crippen molar-refractivity contribution in [1.29, 1.82) is 0 Å². The Bertz CT molecular complexity index is 822. The van der Waals surface area contributed by atoms with Gasteiger partial charge in [0.25, 0.3) is 5.91 Å². The second kappa shape index (κ2) is 8.84. The Morgan fingerprint density at radius 2 is 1.71 bits per heavy atom. The lowest BCUT2D eigenvalue weighted by Crippen LogP contribution is -2.44. The minimum Gasteiger partial charge on any atom is -0.354 e. The monoisotopic (exact) mass is 381 g/mol. The third-order valence-corrected chi connectivity index (χ3v) is 4.75. The number of hydrogen-bond acceptors (Lipinski definition) is 5. The normalized spacial score (nSPS) is 14.6. The molecule has 1 aliphatic rings. The summed E-state index contributed by atoms with van der Waals surface area (Å²) in [5.41, 5.74) is 3.20. The van der Waals surface area contributed by atoms with Crippen molar-refractivity contribution in [3.8, 4) is 0 Å². The average Bonchev–Trinajstić information content (AvgIpc) is 2.66. The largest absolute Gasteiger partial charge is 0.354 e. The number of nitrogens with one attached hydrogen (secondary N) is 2. The average molecular weight is 381 g/mol. The molecule has 148 valence electrons. The van der Waals surface area contributed by atoms with E-state index in [-0.39, 0.29) is 18.4 Å². The number of rotatable bonds is 5. The standard InChI is InChI=1S/C21H27N5O2/c1-15-10-16(2)12-17(11-15)21(28)23-14-20(27)24-18-4-5-19(22-13-18)26-8-6-25(3)7-9-26/h4-5,10-13H,6-9,14H2,1-3H3,(H,23,28)(H,24,27). The molecule has 1 aromatic carbocycles. The number of benzene rings is 1. The molecule has 1 saturated heterocycles. The van der Waals surface area contributed by atoms with Crippen molar-refractivity contribution in [2.45, 2.75) is 13.8 Å². The predicted octanol–water partition coefficient (Wildman–Crippen LogP) is 1.82. The number of carbonyl (C=O) groups is 2. The molecule has 0 aliphatic carbocycles. The van der Waals surface area contributed by atoms with Crippen LogP contribution in [0.4, 0.5) is 11.5 Å². The van der Waals surface area contributed by atoms with E-state index in [4.69, 9.17) is 0 Å². The van der Waals surface area contributed by atoms with Crippen LogP contribution in [-0.4, -0.2) is 61.5 Å². The summed E-state index contributed by atoms with van der Waals surface area (Å²) in [7, 11) is 2.11. The van der Waals surface area contributed by atoms with Gasteiger partial charge in [-0.15, -0.1) is 0 Å². The Hall–Kier alpha value is -2.93. The van der Waals surface area contributed by atoms with Crippen LogP contribution in [0, 0.1) is 13.8 Å². The quantitative estimate of drug-likeness (QED) is 0.826. The smallest absolute Gasteiger partial charge is 0.251 e. The first kappa shape index (κ1) is 19.8. The fourth-order valence-corrected chi connectivity index (χ4v) is 3.26. The Morgan fingerprint density at radius 3 is 2.32 bits per heavy atom. The number of amides is 2. The number of pyridine rings is 1. The second-order valence-electron chi connectivity index (χ2n) is 7.30. The molecule has 1 aromatic heterocycles. The van der Waals surface area contributed by atoms with E-state index in [0.717, 1.165) is 43.1 Å².